The zero-order valence-corrected chi connectivity index (χ0v) is 10.6. The number of nitrogens with one attached hydrogen (secondary N) is 2. The number of carbonyl (C=O) groups is 2. The Bertz CT molecular complexity index is 551. The van der Waals surface area contributed by atoms with Crippen LogP contribution in [-0.4, -0.2) is 23.7 Å². The van der Waals surface area contributed by atoms with Crippen LogP contribution >= 0.6 is 11.6 Å². The molecule has 0 saturated heterocycles. The number of hydrogen-bond donors (Lipinski definition) is 2. The molecule has 2 rings (SSSR count). The first-order valence-corrected chi connectivity index (χ1v) is 5.93. The Morgan fingerprint density at radius 2 is 2.21 bits per heavy atom. The van der Waals surface area contributed by atoms with E-state index in [1.54, 1.807) is 24.3 Å². The van der Waals surface area contributed by atoms with Crippen molar-refractivity contribution in [2.75, 3.05) is 0 Å². The summed E-state index contributed by atoms with van der Waals surface area (Å²) in [6.07, 6.45) is 1.72. The van der Waals surface area contributed by atoms with E-state index in [0.29, 0.717) is 10.7 Å². The number of nitrogens with zero attached hydrogens (tertiary/aromatic N) is 2. The zero-order valence-electron chi connectivity index (χ0n) is 9.89. The lowest BCUT2D eigenvalue weighted by Gasteiger charge is -1.98. The molecule has 19 heavy (non-hydrogen) atoms. The molecule has 1 aromatic rings. The van der Waals surface area contributed by atoms with Gasteiger partial charge in [0, 0.05) is 5.02 Å². The van der Waals surface area contributed by atoms with Gasteiger partial charge in [-0.15, -0.1) is 0 Å². The van der Waals surface area contributed by atoms with Gasteiger partial charge in [0.05, 0.1) is 24.8 Å². The van der Waals surface area contributed by atoms with Crippen LogP contribution in [0.15, 0.2) is 34.5 Å². The Morgan fingerprint density at radius 3 is 2.84 bits per heavy atom. The summed E-state index contributed by atoms with van der Waals surface area (Å²) in [6, 6.07) is 7.02. The van der Waals surface area contributed by atoms with Crippen molar-refractivity contribution < 1.29 is 9.59 Å². The van der Waals surface area contributed by atoms with Crippen LogP contribution in [-0.2, 0) is 9.59 Å². The van der Waals surface area contributed by atoms with E-state index in [9.17, 15) is 9.59 Å². The van der Waals surface area contributed by atoms with E-state index in [-0.39, 0.29) is 24.7 Å². The van der Waals surface area contributed by atoms with Gasteiger partial charge in [-0.25, -0.2) is 10.9 Å². The molecule has 2 N–H and O–H groups in total. The average molecular weight is 279 g/mol. The number of hydrogen-bond acceptors (Lipinski definition) is 4. The maximum absolute atomic E-state index is 11.5. The lowest BCUT2D eigenvalue weighted by atomic mass is 10.2. The molecular weight excluding hydrogens is 268 g/mol. The van der Waals surface area contributed by atoms with Crippen LogP contribution < -0.4 is 10.9 Å². The SMILES string of the molecule is O=C1CC(CC(=O)N/N=C/c2ccc(Cl)cc2)=NN1. The molecule has 1 aliphatic rings. The maximum atomic E-state index is 11.5. The van der Waals surface area contributed by atoms with E-state index in [1.807, 2.05) is 0 Å². The van der Waals surface area contributed by atoms with Gasteiger partial charge in [0.2, 0.25) is 11.8 Å². The van der Waals surface area contributed by atoms with Crippen molar-refractivity contribution in [1.29, 1.82) is 0 Å². The molecule has 0 bridgehead atoms. The van der Waals surface area contributed by atoms with Crippen LogP contribution in [0.25, 0.3) is 0 Å². The van der Waals surface area contributed by atoms with Crippen molar-refractivity contribution in [2.24, 2.45) is 10.2 Å². The molecule has 0 atom stereocenters. The van der Waals surface area contributed by atoms with Gasteiger partial charge in [-0.05, 0) is 17.7 Å². The first-order valence-electron chi connectivity index (χ1n) is 5.55. The molecule has 0 spiro atoms. The van der Waals surface area contributed by atoms with Crippen LogP contribution in [0.5, 0.6) is 0 Å². The van der Waals surface area contributed by atoms with Crippen LogP contribution in [0.3, 0.4) is 0 Å². The molecule has 2 amide bonds. The normalized spacial score (nSPS) is 14.4. The molecule has 1 heterocycles. The minimum Gasteiger partial charge on any atom is -0.273 e. The highest BCUT2D eigenvalue weighted by molar-refractivity contribution is 6.30. The molecule has 98 valence electrons. The van der Waals surface area contributed by atoms with Gasteiger partial charge in [-0.3, -0.25) is 9.59 Å². The summed E-state index contributed by atoms with van der Waals surface area (Å²) in [5.74, 6) is -0.520. The number of hydrazone groups is 2. The second kappa shape index (κ2) is 6.10. The van der Waals surface area contributed by atoms with Crippen molar-refractivity contribution in [2.45, 2.75) is 12.8 Å². The van der Waals surface area contributed by atoms with Crippen molar-refractivity contribution >= 4 is 35.3 Å². The minimum atomic E-state index is -0.319. The predicted molar refractivity (Wildman–Crippen MR) is 72.0 cm³/mol. The quantitative estimate of drug-likeness (QED) is 0.637. The fourth-order valence-electron chi connectivity index (χ4n) is 1.46. The molecule has 0 unspecified atom stereocenters. The van der Waals surface area contributed by atoms with Gasteiger partial charge in [0.25, 0.3) is 0 Å². The van der Waals surface area contributed by atoms with Crippen LogP contribution in [0.1, 0.15) is 18.4 Å². The first-order chi connectivity index (χ1) is 9.13. The van der Waals surface area contributed by atoms with Gasteiger partial charge in [-0.2, -0.15) is 10.2 Å². The zero-order chi connectivity index (χ0) is 13.7. The first kappa shape index (κ1) is 13.2. The summed E-state index contributed by atoms with van der Waals surface area (Å²) in [6.45, 7) is 0. The van der Waals surface area contributed by atoms with E-state index in [1.165, 1.54) is 6.21 Å². The molecule has 0 radical (unpaired) electrons. The molecule has 0 saturated carbocycles. The van der Waals surface area contributed by atoms with Crippen molar-refractivity contribution in [3.05, 3.63) is 34.9 Å². The molecule has 1 aliphatic heterocycles. The third kappa shape index (κ3) is 4.18. The Hall–Kier alpha value is -2.21. The standard InChI is InChI=1S/C12H11ClN4O2/c13-9-3-1-8(2-4-9)7-14-16-11(18)5-10-6-12(19)17-15-10/h1-4,7H,5-6H2,(H,16,18)(H,17,19)/b14-7+. The van der Waals surface area contributed by atoms with Crippen molar-refractivity contribution in [3.63, 3.8) is 0 Å². The second-order valence-corrected chi connectivity index (χ2v) is 4.35. The van der Waals surface area contributed by atoms with E-state index in [0.717, 1.165) is 5.56 Å². The Labute approximate surface area is 114 Å². The lowest BCUT2D eigenvalue weighted by Crippen LogP contribution is -2.20. The number of halogens is 1. The van der Waals surface area contributed by atoms with Gasteiger partial charge in [0.15, 0.2) is 0 Å². The van der Waals surface area contributed by atoms with Gasteiger partial charge < -0.3 is 0 Å². The highest BCUT2D eigenvalue weighted by atomic mass is 35.5. The summed E-state index contributed by atoms with van der Waals surface area (Å²) in [5.41, 5.74) is 5.97. The Balaban J connectivity index is 1.80. The summed E-state index contributed by atoms with van der Waals surface area (Å²) < 4.78 is 0. The van der Waals surface area contributed by atoms with E-state index < -0.39 is 0 Å². The Kier molecular flexibility index (Phi) is 4.25. The highest BCUT2D eigenvalue weighted by Crippen LogP contribution is 2.07. The van der Waals surface area contributed by atoms with Crippen LogP contribution in [0, 0.1) is 0 Å². The van der Waals surface area contributed by atoms with E-state index in [4.69, 9.17) is 11.6 Å². The number of rotatable bonds is 4. The fourth-order valence-corrected chi connectivity index (χ4v) is 1.59. The average Bonchev–Trinajstić information content (AvgIpc) is 2.77. The van der Waals surface area contributed by atoms with E-state index >= 15 is 0 Å². The van der Waals surface area contributed by atoms with Gasteiger partial charge in [0.1, 0.15) is 0 Å². The van der Waals surface area contributed by atoms with E-state index in [2.05, 4.69) is 21.1 Å². The number of carbonyl (C=O) groups excluding carboxylic acids is 2. The third-order valence-corrected chi connectivity index (χ3v) is 2.59. The summed E-state index contributed by atoms with van der Waals surface area (Å²) in [5, 5.41) is 8.16. The van der Waals surface area contributed by atoms with Gasteiger partial charge in [-0.1, -0.05) is 23.7 Å². The Morgan fingerprint density at radius 1 is 1.47 bits per heavy atom. The van der Waals surface area contributed by atoms with Gasteiger partial charge >= 0.3 is 0 Å². The number of benzene rings is 1. The maximum Gasteiger partial charge on any atom is 0.245 e. The predicted octanol–water partition coefficient (Wildman–Crippen LogP) is 1.06. The highest BCUT2D eigenvalue weighted by Gasteiger charge is 2.16. The van der Waals surface area contributed by atoms with Crippen molar-refractivity contribution in [1.82, 2.24) is 10.9 Å². The second-order valence-electron chi connectivity index (χ2n) is 3.91. The monoisotopic (exact) mass is 278 g/mol. The molecule has 6 nitrogen and oxygen atoms in total. The molecule has 0 fully saturated rings. The van der Waals surface area contributed by atoms with Crippen molar-refractivity contribution in [3.8, 4) is 0 Å². The smallest absolute Gasteiger partial charge is 0.245 e. The summed E-state index contributed by atoms with van der Waals surface area (Å²) in [7, 11) is 0. The minimum absolute atomic E-state index is 0.0523. The topological polar surface area (TPSA) is 82.9 Å². The molecule has 0 aliphatic carbocycles. The molecule has 1 aromatic carbocycles. The third-order valence-electron chi connectivity index (χ3n) is 2.34. The largest absolute Gasteiger partial charge is 0.273 e. The molecule has 7 heteroatoms. The molecular formula is C12H11ClN4O2. The van der Waals surface area contributed by atoms with Crippen LogP contribution in [0.2, 0.25) is 5.02 Å². The summed E-state index contributed by atoms with van der Waals surface area (Å²) in [4.78, 5) is 22.3. The van der Waals surface area contributed by atoms with Crippen LogP contribution in [0.4, 0.5) is 0 Å². The molecule has 0 aromatic heterocycles. The summed E-state index contributed by atoms with van der Waals surface area (Å²) >= 11 is 5.74. The lowest BCUT2D eigenvalue weighted by molar-refractivity contribution is -0.119. The fraction of sp³-hybridized carbons (Fsp3) is 0.167. The number of amides is 2.